The Bertz CT molecular complexity index is 341. The maximum absolute atomic E-state index is 12.2. The summed E-state index contributed by atoms with van der Waals surface area (Å²) in [6.45, 7) is 8.36. The quantitative estimate of drug-likeness (QED) is 0.793. The van der Waals surface area contributed by atoms with Crippen LogP contribution in [0.2, 0.25) is 0 Å². The van der Waals surface area contributed by atoms with Gasteiger partial charge in [-0.05, 0) is 20.8 Å². The first-order valence-corrected chi connectivity index (χ1v) is 5.42. The molecule has 1 fully saturated rings. The van der Waals surface area contributed by atoms with Gasteiger partial charge in [-0.15, -0.1) is 6.58 Å². The van der Waals surface area contributed by atoms with E-state index >= 15 is 0 Å². The third kappa shape index (κ3) is 3.46. The highest BCUT2D eigenvalue weighted by Crippen LogP contribution is 2.30. The monoisotopic (exact) mass is 267 g/mol. The summed E-state index contributed by atoms with van der Waals surface area (Å²) in [6, 6.07) is -0.962. The van der Waals surface area contributed by atoms with Gasteiger partial charge in [0.25, 0.3) is 0 Å². The topological polar surface area (TPSA) is 47.6 Å². The molecular formula is C11H16F3NO3. The SMILES string of the molecule is C=C[C@H](NC(=O)C(F)(F)F)[C@@H]1OC(C)(C)O[C@H]1C. The van der Waals surface area contributed by atoms with E-state index in [4.69, 9.17) is 9.47 Å². The van der Waals surface area contributed by atoms with Crippen molar-refractivity contribution < 1.29 is 27.4 Å². The van der Waals surface area contributed by atoms with Crippen molar-refractivity contribution in [1.29, 1.82) is 0 Å². The predicted molar refractivity (Wildman–Crippen MR) is 57.7 cm³/mol. The standard InChI is InChI=1S/C11H16F3NO3/c1-5-7(15-9(16)11(12,13)14)8-6(2)17-10(3,4)18-8/h5-8H,1H2,2-4H3,(H,15,16)/t6-,7-,8+/m0/s1. The van der Waals surface area contributed by atoms with Crippen LogP contribution in [-0.4, -0.2) is 36.1 Å². The molecule has 0 saturated carbocycles. The molecule has 0 aromatic rings. The van der Waals surface area contributed by atoms with Crippen LogP contribution in [0.15, 0.2) is 12.7 Å². The van der Waals surface area contributed by atoms with Crippen molar-refractivity contribution in [3.63, 3.8) is 0 Å². The molecule has 18 heavy (non-hydrogen) atoms. The van der Waals surface area contributed by atoms with E-state index in [9.17, 15) is 18.0 Å². The lowest BCUT2D eigenvalue weighted by Crippen LogP contribution is -2.50. The molecule has 0 radical (unpaired) electrons. The smallest absolute Gasteiger partial charge is 0.345 e. The highest BCUT2D eigenvalue weighted by molar-refractivity contribution is 5.82. The third-order valence-corrected chi connectivity index (χ3v) is 2.52. The van der Waals surface area contributed by atoms with Gasteiger partial charge in [0, 0.05) is 0 Å². The molecule has 104 valence electrons. The molecule has 3 atom stereocenters. The minimum Gasteiger partial charge on any atom is -0.345 e. The van der Waals surface area contributed by atoms with Crippen LogP contribution in [0.5, 0.6) is 0 Å². The zero-order chi connectivity index (χ0) is 14.1. The third-order valence-electron chi connectivity index (χ3n) is 2.52. The number of ether oxygens (including phenoxy) is 2. The second kappa shape index (κ2) is 4.89. The molecule has 0 unspecified atom stereocenters. The van der Waals surface area contributed by atoms with Crippen LogP contribution in [0.1, 0.15) is 20.8 Å². The summed E-state index contributed by atoms with van der Waals surface area (Å²) < 4.78 is 47.4. The molecule has 1 N–H and O–H groups in total. The lowest BCUT2D eigenvalue weighted by molar-refractivity contribution is -0.175. The van der Waals surface area contributed by atoms with Gasteiger partial charge in [0.15, 0.2) is 5.79 Å². The molecule has 1 aliphatic rings. The van der Waals surface area contributed by atoms with Crippen LogP contribution in [0, 0.1) is 0 Å². The van der Waals surface area contributed by atoms with E-state index in [1.807, 2.05) is 5.32 Å². The molecular weight excluding hydrogens is 251 g/mol. The second-order valence-electron chi connectivity index (χ2n) is 4.54. The molecule has 0 bridgehead atoms. The number of hydrogen-bond donors (Lipinski definition) is 1. The van der Waals surface area contributed by atoms with Gasteiger partial charge in [-0.3, -0.25) is 4.79 Å². The molecule has 7 heteroatoms. The highest BCUT2D eigenvalue weighted by atomic mass is 19.4. The number of alkyl halides is 3. The minimum atomic E-state index is -4.93. The number of amides is 1. The highest BCUT2D eigenvalue weighted by Gasteiger charge is 2.45. The van der Waals surface area contributed by atoms with Crippen LogP contribution in [0.25, 0.3) is 0 Å². The summed E-state index contributed by atoms with van der Waals surface area (Å²) in [5, 5.41) is 1.83. The lowest BCUT2D eigenvalue weighted by Gasteiger charge is -2.24. The van der Waals surface area contributed by atoms with Gasteiger partial charge in [-0.25, -0.2) is 0 Å². The summed E-state index contributed by atoms with van der Waals surface area (Å²) in [7, 11) is 0. The van der Waals surface area contributed by atoms with Crippen molar-refractivity contribution in [3.05, 3.63) is 12.7 Å². The van der Waals surface area contributed by atoms with E-state index in [-0.39, 0.29) is 0 Å². The fourth-order valence-electron chi connectivity index (χ4n) is 1.84. The average molecular weight is 267 g/mol. The normalized spacial score (nSPS) is 28.8. The Morgan fingerprint density at radius 3 is 2.33 bits per heavy atom. The Kier molecular flexibility index (Phi) is 4.07. The van der Waals surface area contributed by atoms with Crippen LogP contribution in [-0.2, 0) is 14.3 Å². The number of hydrogen-bond acceptors (Lipinski definition) is 3. The summed E-state index contributed by atoms with van der Waals surface area (Å²) in [4.78, 5) is 10.9. The van der Waals surface area contributed by atoms with Crippen molar-refractivity contribution in [2.45, 2.75) is 51.0 Å². The Balaban J connectivity index is 2.74. The maximum Gasteiger partial charge on any atom is 0.471 e. The van der Waals surface area contributed by atoms with Crippen LogP contribution >= 0.6 is 0 Å². The van der Waals surface area contributed by atoms with Crippen molar-refractivity contribution in [3.8, 4) is 0 Å². The molecule has 0 spiro atoms. The average Bonchev–Trinajstić information content (AvgIpc) is 2.46. The molecule has 1 saturated heterocycles. The zero-order valence-corrected chi connectivity index (χ0v) is 10.4. The molecule has 1 rings (SSSR count). The van der Waals surface area contributed by atoms with E-state index in [1.165, 1.54) is 6.08 Å². The van der Waals surface area contributed by atoms with E-state index in [0.717, 1.165) is 0 Å². The first kappa shape index (κ1) is 15.0. The molecule has 0 aromatic carbocycles. The Morgan fingerprint density at radius 1 is 1.44 bits per heavy atom. The van der Waals surface area contributed by atoms with E-state index in [2.05, 4.69) is 6.58 Å². The van der Waals surface area contributed by atoms with Gasteiger partial charge < -0.3 is 14.8 Å². The van der Waals surface area contributed by atoms with E-state index < -0.39 is 36.1 Å². The summed E-state index contributed by atoms with van der Waals surface area (Å²) in [5.41, 5.74) is 0. The molecule has 0 aliphatic carbocycles. The van der Waals surface area contributed by atoms with E-state index in [1.54, 1.807) is 20.8 Å². The molecule has 1 amide bonds. The number of nitrogens with one attached hydrogen (secondary N) is 1. The molecule has 1 aliphatic heterocycles. The molecule has 0 aromatic heterocycles. The zero-order valence-electron chi connectivity index (χ0n) is 10.4. The summed E-state index contributed by atoms with van der Waals surface area (Å²) in [6.07, 6.45) is -4.88. The van der Waals surface area contributed by atoms with Crippen LogP contribution in [0.4, 0.5) is 13.2 Å². The number of halogens is 3. The van der Waals surface area contributed by atoms with Crippen molar-refractivity contribution in [2.24, 2.45) is 0 Å². The fourth-order valence-corrected chi connectivity index (χ4v) is 1.84. The van der Waals surface area contributed by atoms with Crippen molar-refractivity contribution in [1.82, 2.24) is 5.32 Å². The van der Waals surface area contributed by atoms with Gasteiger partial charge >= 0.3 is 12.1 Å². The van der Waals surface area contributed by atoms with Gasteiger partial charge in [-0.1, -0.05) is 6.08 Å². The summed E-state index contributed by atoms with van der Waals surface area (Å²) >= 11 is 0. The van der Waals surface area contributed by atoms with Gasteiger partial charge in [0.1, 0.15) is 6.10 Å². The minimum absolute atomic E-state index is 0.448. The van der Waals surface area contributed by atoms with Gasteiger partial charge in [-0.2, -0.15) is 13.2 Å². The molecule has 4 nitrogen and oxygen atoms in total. The molecule has 1 heterocycles. The second-order valence-corrected chi connectivity index (χ2v) is 4.54. The number of carbonyl (C=O) groups is 1. The Morgan fingerprint density at radius 2 is 2.00 bits per heavy atom. The van der Waals surface area contributed by atoms with Gasteiger partial charge in [0.2, 0.25) is 0 Å². The maximum atomic E-state index is 12.2. The lowest BCUT2D eigenvalue weighted by atomic mass is 10.1. The predicted octanol–water partition coefficient (Wildman–Crippen LogP) is 1.76. The van der Waals surface area contributed by atoms with Crippen molar-refractivity contribution >= 4 is 5.91 Å². The van der Waals surface area contributed by atoms with E-state index in [0.29, 0.717) is 0 Å². The Labute approximate surface area is 103 Å². The Hall–Kier alpha value is -1.08. The van der Waals surface area contributed by atoms with Crippen molar-refractivity contribution in [2.75, 3.05) is 0 Å². The largest absolute Gasteiger partial charge is 0.471 e. The van der Waals surface area contributed by atoms with Crippen LogP contribution < -0.4 is 5.32 Å². The fraction of sp³-hybridized carbons (Fsp3) is 0.727. The first-order valence-electron chi connectivity index (χ1n) is 5.42. The number of rotatable bonds is 3. The van der Waals surface area contributed by atoms with Gasteiger partial charge in [0.05, 0.1) is 12.1 Å². The van der Waals surface area contributed by atoms with Crippen LogP contribution in [0.3, 0.4) is 0 Å². The first-order chi connectivity index (χ1) is 8.07. The number of carbonyl (C=O) groups excluding carboxylic acids is 1. The summed E-state index contributed by atoms with van der Waals surface area (Å²) in [5.74, 6) is -2.91.